The molecule has 180 valence electrons. The van der Waals surface area contributed by atoms with Crippen molar-refractivity contribution in [3.63, 3.8) is 0 Å². The summed E-state index contributed by atoms with van der Waals surface area (Å²) in [4.78, 5) is 5.97. The average Bonchev–Trinajstić information content (AvgIpc) is 3.26. The van der Waals surface area contributed by atoms with Crippen LogP contribution >= 0.6 is 11.7 Å². The minimum Gasteiger partial charge on any atom is -0.222 e. The Labute approximate surface area is 206 Å². The maximum atomic E-state index is 8.49. The highest BCUT2D eigenvalue weighted by molar-refractivity contribution is 7.00. The number of benzene rings is 1. The van der Waals surface area contributed by atoms with Crippen LogP contribution in [0, 0.1) is 44.2 Å². The number of nitrogens with one attached hydrogen (secondary N) is 2. The molecule has 0 bridgehead atoms. The number of aromatic amines is 2. The van der Waals surface area contributed by atoms with Crippen LogP contribution in [0.25, 0.3) is 11.0 Å². The van der Waals surface area contributed by atoms with E-state index in [2.05, 4.69) is 42.4 Å². The topological polar surface area (TPSA) is 239 Å². The van der Waals surface area contributed by atoms with E-state index in [0.29, 0.717) is 0 Å². The van der Waals surface area contributed by atoms with E-state index in [1.807, 2.05) is 61.2 Å². The van der Waals surface area contributed by atoms with Gasteiger partial charge in [0.05, 0.1) is 22.9 Å². The van der Waals surface area contributed by atoms with E-state index in [1.54, 1.807) is 0 Å². The van der Waals surface area contributed by atoms with Gasteiger partial charge in [0.15, 0.2) is 24.8 Å². The molecule has 3 heterocycles. The van der Waals surface area contributed by atoms with Gasteiger partial charge in [-0.25, -0.2) is 47.2 Å². The summed E-state index contributed by atoms with van der Waals surface area (Å²) >= 11 is 1.18. The summed E-state index contributed by atoms with van der Waals surface area (Å²) in [5.74, 6) is 12.7. The molecule has 2 N–H and O–H groups in total. The molecule has 15 heteroatoms. The van der Waals surface area contributed by atoms with Gasteiger partial charge in [-0.2, -0.15) is 8.75 Å². The molecule has 4 aromatic rings. The first-order valence-corrected chi connectivity index (χ1v) is 12.0. The lowest BCUT2D eigenvalue weighted by Crippen LogP contribution is -2.68. The Morgan fingerprint density at radius 1 is 0.543 bits per heavy atom. The van der Waals surface area contributed by atoms with E-state index in [9.17, 15) is 0 Å². The normalized spacial score (nSPS) is 10.4. The Morgan fingerprint density at radius 3 is 1.17 bits per heavy atom. The van der Waals surface area contributed by atoms with E-state index in [4.69, 9.17) is 37.3 Å². The number of H-pyrrole nitrogens is 2. The fraction of sp³-hybridized carbons (Fsp3) is 0. The molecule has 35 heavy (non-hydrogen) atoms. The van der Waals surface area contributed by atoms with Crippen LogP contribution in [0.15, 0.2) is 61.2 Å². The lowest BCUT2D eigenvalue weighted by molar-refractivity contribution is -2.00. The summed E-state index contributed by atoms with van der Waals surface area (Å²) < 4.78 is 76.7. The van der Waals surface area contributed by atoms with Crippen LogP contribution in [-0.2, 0) is 0 Å². The second kappa shape index (κ2) is 13.0. The predicted molar refractivity (Wildman–Crippen MR) is 95.4 cm³/mol. The minimum absolute atomic E-state index is 0.799. The van der Waals surface area contributed by atoms with Gasteiger partial charge in [-0.3, -0.25) is 0 Å². The number of fused-ring (bicyclic) bond motifs is 1. The maximum absolute atomic E-state index is 8.49. The van der Waals surface area contributed by atoms with Crippen molar-refractivity contribution in [1.82, 2.24) is 8.75 Å². The van der Waals surface area contributed by atoms with Gasteiger partial charge in [-0.15, -0.1) is 20.5 Å². The molecule has 1 aromatic carbocycles. The summed E-state index contributed by atoms with van der Waals surface area (Å²) in [7, 11) is -9.89. The highest BCUT2D eigenvalue weighted by Crippen LogP contribution is 2.20. The van der Waals surface area contributed by atoms with Gasteiger partial charge < -0.3 is 0 Å². The first-order valence-electron chi connectivity index (χ1n) is 8.85. The van der Waals surface area contributed by atoms with Gasteiger partial charge in [-0.1, -0.05) is 23.7 Å². The van der Waals surface area contributed by atoms with Gasteiger partial charge in [0, 0.05) is 35.4 Å². The molecule has 0 aliphatic heterocycles. The van der Waals surface area contributed by atoms with Gasteiger partial charge in [-0.05, 0) is 12.1 Å². The number of pyridine rings is 2. The van der Waals surface area contributed by atoms with Crippen molar-refractivity contribution in [2.75, 3.05) is 0 Å². The van der Waals surface area contributed by atoms with Crippen LogP contribution in [-0.4, -0.2) is 8.75 Å². The van der Waals surface area contributed by atoms with Crippen LogP contribution in [0.5, 0.6) is 0 Å². The van der Waals surface area contributed by atoms with Gasteiger partial charge >= 0.3 is 0 Å². The van der Waals surface area contributed by atoms with Crippen LogP contribution in [0.3, 0.4) is 0 Å². The zero-order valence-electron chi connectivity index (χ0n) is 17.1. The lowest BCUT2D eigenvalue weighted by atomic mass is 10.1. The first kappa shape index (κ1) is 28.0. The molecule has 0 fully saturated rings. The van der Waals surface area contributed by atoms with Gasteiger partial charge in [0.2, 0.25) is 0 Å². The first-order chi connectivity index (χ1) is 16.4. The summed E-state index contributed by atoms with van der Waals surface area (Å²) in [5, 5.41) is 0. The van der Waals surface area contributed by atoms with Crippen molar-refractivity contribution < 1.29 is 67.7 Å². The molecule has 0 aliphatic carbocycles. The van der Waals surface area contributed by atoms with Crippen molar-refractivity contribution in [2.24, 2.45) is 0 Å². The van der Waals surface area contributed by atoms with Crippen molar-refractivity contribution in [3.8, 4) is 23.7 Å². The van der Waals surface area contributed by atoms with E-state index in [1.165, 1.54) is 11.7 Å². The SMILES string of the molecule is C(#Cc1ccc(C#Cc2cc[nH+]cc2)c2nsnc12)c1cc[nH+]cc1.[O-][Cl+3]([O-])([O-])[O-].[O-][Cl+3]([O-])([O-])[O-]. The fourth-order valence-corrected chi connectivity index (χ4v) is 2.86. The Kier molecular flexibility index (Phi) is 10.4. The summed E-state index contributed by atoms with van der Waals surface area (Å²) in [5.41, 5.74) is 5.20. The number of rotatable bonds is 0. The van der Waals surface area contributed by atoms with Crippen LogP contribution < -0.4 is 47.2 Å². The summed E-state index contributed by atoms with van der Waals surface area (Å²) in [6, 6.07) is 11.6. The number of nitrogens with zero attached hydrogens (tertiary/aromatic N) is 2. The molecule has 3 aromatic heterocycles. The van der Waals surface area contributed by atoms with E-state index >= 15 is 0 Å². The average molecular weight is 539 g/mol. The monoisotopic (exact) mass is 538 g/mol. The van der Waals surface area contributed by atoms with Crippen LogP contribution in [0.2, 0.25) is 0 Å². The smallest absolute Gasteiger partial charge is 0.168 e. The molecule has 0 amide bonds. The number of halogens is 2. The predicted octanol–water partition coefficient (Wildman–Crippen LogP) is -7.39. The third-order valence-electron chi connectivity index (χ3n) is 3.53. The molecule has 0 saturated carbocycles. The highest BCUT2D eigenvalue weighted by Gasteiger charge is 2.07. The van der Waals surface area contributed by atoms with E-state index in [0.717, 1.165) is 33.3 Å². The second-order valence-corrected chi connectivity index (χ2v) is 8.00. The summed E-state index contributed by atoms with van der Waals surface area (Å²) in [6.45, 7) is 0. The zero-order chi connectivity index (χ0) is 25.9. The molecule has 0 saturated heterocycles. The lowest BCUT2D eigenvalue weighted by Gasteiger charge is -2.17. The molecule has 0 aliphatic rings. The maximum Gasteiger partial charge on any atom is 0.168 e. The molecule has 12 nitrogen and oxygen atoms in total. The molecule has 4 rings (SSSR count). The number of hydrogen-bond acceptors (Lipinski definition) is 11. The molecule has 0 radical (unpaired) electrons. The van der Waals surface area contributed by atoms with Crippen molar-refractivity contribution in [2.45, 2.75) is 0 Å². The zero-order valence-corrected chi connectivity index (χ0v) is 19.4. The van der Waals surface area contributed by atoms with Crippen molar-refractivity contribution in [3.05, 3.63) is 83.4 Å². The fourth-order valence-electron chi connectivity index (χ4n) is 2.29. The third kappa shape index (κ3) is 12.1. The Balaban J connectivity index is 0.000000368. The Bertz CT molecular complexity index is 1240. The Morgan fingerprint density at radius 2 is 0.857 bits per heavy atom. The quantitative estimate of drug-likeness (QED) is 0.191. The van der Waals surface area contributed by atoms with E-state index < -0.39 is 20.5 Å². The highest BCUT2D eigenvalue weighted by atomic mass is 35.7. The molecule has 0 atom stereocenters. The van der Waals surface area contributed by atoms with Crippen molar-refractivity contribution in [1.29, 1.82) is 0 Å². The number of aromatic nitrogens is 4. The number of hydrogen-bond donors (Lipinski definition) is 0. The van der Waals surface area contributed by atoms with Gasteiger partial charge in [0.25, 0.3) is 0 Å². The van der Waals surface area contributed by atoms with Crippen molar-refractivity contribution >= 4 is 22.8 Å². The minimum atomic E-state index is -4.94. The molecule has 0 unspecified atom stereocenters. The van der Waals surface area contributed by atoms with Crippen LogP contribution in [0.4, 0.5) is 0 Å². The molecular weight excluding hydrogens is 527 g/mol. The molecule has 0 spiro atoms. The largest absolute Gasteiger partial charge is 0.222 e. The summed E-state index contributed by atoms with van der Waals surface area (Å²) in [6.07, 6.45) is 7.40. The second-order valence-electron chi connectivity index (χ2n) is 5.96. The Hall–Kier alpha value is -3.28. The molecular formula is C20H12Cl2N4O8S. The third-order valence-corrected chi connectivity index (χ3v) is 4.06. The standard InChI is InChI=1S/C20H10N4S.2ClHO4/c1(15-7-11-21-12-8-15)3-17-5-6-18(20-19(17)23-25-24-20)4-2-16-9-13-22-14-10-16;2*2-1(3,4)5/h5-14H;2*(H,2,3,4,5). The van der Waals surface area contributed by atoms with Gasteiger partial charge in [0.1, 0.15) is 11.0 Å². The van der Waals surface area contributed by atoms with E-state index in [-0.39, 0.29) is 0 Å². The van der Waals surface area contributed by atoms with Crippen LogP contribution in [0.1, 0.15) is 22.3 Å².